The third-order valence-electron chi connectivity index (χ3n) is 3.97. The molecular formula is C16H28N2S. The summed E-state index contributed by atoms with van der Waals surface area (Å²) in [6.07, 6.45) is 4.22. The average Bonchev–Trinajstić information content (AvgIpc) is 2.69. The van der Waals surface area contributed by atoms with Gasteiger partial charge in [0.25, 0.3) is 0 Å². The molecule has 2 rings (SSSR count). The second-order valence-corrected chi connectivity index (χ2v) is 7.50. The summed E-state index contributed by atoms with van der Waals surface area (Å²) in [6, 6.07) is 2.32. The van der Waals surface area contributed by atoms with Gasteiger partial charge >= 0.3 is 0 Å². The molecule has 1 unspecified atom stereocenters. The number of nitrogens with zero attached hydrogens (tertiary/aromatic N) is 1. The summed E-state index contributed by atoms with van der Waals surface area (Å²) in [5.74, 6) is 0.748. The maximum Gasteiger partial charge on any atom is 0.0216 e. The van der Waals surface area contributed by atoms with E-state index in [9.17, 15) is 0 Å². The molecule has 1 atom stereocenters. The van der Waals surface area contributed by atoms with Crippen molar-refractivity contribution in [3.8, 4) is 0 Å². The molecule has 1 N–H and O–H groups in total. The van der Waals surface area contributed by atoms with Crippen LogP contribution in [0, 0.1) is 19.8 Å². The minimum absolute atomic E-state index is 0.748. The summed E-state index contributed by atoms with van der Waals surface area (Å²) >= 11 is 1.91. The van der Waals surface area contributed by atoms with Crippen LogP contribution >= 0.6 is 11.3 Å². The molecule has 0 aromatic carbocycles. The Morgan fingerprint density at radius 2 is 2.00 bits per heavy atom. The highest BCUT2D eigenvalue weighted by Crippen LogP contribution is 2.20. The van der Waals surface area contributed by atoms with Crippen LogP contribution in [-0.4, -0.2) is 31.1 Å². The van der Waals surface area contributed by atoms with E-state index in [1.54, 1.807) is 0 Å². The van der Waals surface area contributed by atoms with Gasteiger partial charge in [-0.05, 0) is 63.9 Å². The lowest BCUT2D eigenvalue weighted by Gasteiger charge is -2.29. The van der Waals surface area contributed by atoms with Gasteiger partial charge in [0, 0.05) is 22.8 Å². The quantitative estimate of drug-likeness (QED) is 0.857. The lowest BCUT2D eigenvalue weighted by Crippen LogP contribution is -2.36. The van der Waals surface area contributed by atoms with E-state index in [0.717, 1.165) is 19.0 Å². The largest absolute Gasteiger partial charge is 0.312 e. The van der Waals surface area contributed by atoms with Crippen LogP contribution in [0.5, 0.6) is 0 Å². The first kappa shape index (κ1) is 15.0. The van der Waals surface area contributed by atoms with Crippen LogP contribution in [0.25, 0.3) is 0 Å². The maximum absolute atomic E-state index is 3.63. The van der Waals surface area contributed by atoms with Gasteiger partial charge < -0.3 is 10.2 Å². The Morgan fingerprint density at radius 1 is 1.26 bits per heavy atom. The number of nitrogens with one attached hydrogen (secondary N) is 1. The fraction of sp³-hybridized carbons (Fsp3) is 0.750. The molecule has 2 heterocycles. The summed E-state index contributed by atoms with van der Waals surface area (Å²) in [6.45, 7) is 12.8. The zero-order chi connectivity index (χ0) is 13.7. The molecule has 1 aromatic rings. The van der Waals surface area contributed by atoms with E-state index >= 15 is 0 Å². The Balaban J connectivity index is 1.65. The van der Waals surface area contributed by atoms with Gasteiger partial charge in [0.2, 0.25) is 0 Å². The highest BCUT2D eigenvalue weighted by atomic mass is 32.1. The highest BCUT2D eigenvalue weighted by Gasteiger charge is 2.13. The van der Waals surface area contributed by atoms with Gasteiger partial charge in [-0.15, -0.1) is 11.3 Å². The predicted molar refractivity (Wildman–Crippen MR) is 85.0 cm³/mol. The fourth-order valence-corrected chi connectivity index (χ4v) is 3.91. The minimum Gasteiger partial charge on any atom is -0.312 e. The topological polar surface area (TPSA) is 15.3 Å². The normalized spacial score (nSPS) is 18.7. The lowest BCUT2D eigenvalue weighted by atomic mass is 10.1. The monoisotopic (exact) mass is 280 g/mol. The van der Waals surface area contributed by atoms with Crippen molar-refractivity contribution in [1.82, 2.24) is 10.2 Å². The second kappa shape index (κ2) is 7.41. The fourth-order valence-electron chi connectivity index (χ4n) is 2.96. The van der Waals surface area contributed by atoms with Gasteiger partial charge in [-0.1, -0.05) is 13.3 Å². The molecule has 1 saturated heterocycles. The van der Waals surface area contributed by atoms with Crippen LogP contribution in [0.15, 0.2) is 6.07 Å². The van der Waals surface area contributed by atoms with Gasteiger partial charge in [0.15, 0.2) is 0 Å². The molecule has 0 bridgehead atoms. The van der Waals surface area contributed by atoms with E-state index in [2.05, 4.69) is 37.1 Å². The van der Waals surface area contributed by atoms with E-state index in [1.807, 2.05) is 11.3 Å². The number of hydrogen-bond acceptors (Lipinski definition) is 3. The zero-order valence-electron chi connectivity index (χ0n) is 12.7. The van der Waals surface area contributed by atoms with Crippen LogP contribution in [0.2, 0.25) is 0 Å². The molecule has 0 radical (unpaired) electrons. The first-order valence-corrected chi connectivity index (χ1v) is 8.46. The first-order chi connectivity index (χ1) is 9.15. The van der Waals surface area contributed by atoms with E-state index in [1.165, 1.54) is 54.2 Å². The van der Waals surface area contributed by atoms with Gasteiger partial charge in [-0.3, -0.25) is 0 Å². The molecule has 1 aromatic heterocycles. The van der Waals surface area contributed by atoms with Crippen molar-refractivity contribution in [2.45, 2.75) is 46.6 Å². The molecule has 19 heavy (non-hydrogen) atoms. The van der Waals surface area contributed by atoms with Crippen LogP contribution in [0.3, 0.4) is 0 Å². The minimum atomic E-state index is 0.748. The number of hydrogen-bond donors (Lipinski definition) is 1. The molecule has 1 fully saturated rings. The highest BCUT2D eigenvalue weighted by molar-refractivity contribution is 7.12. The Labute approximate surface area is 122 Å². The summed E-state index contributed by atoms with van der Waals surface area (Å²) in [5, 5.41) is 3.63. The predicted octanol–water partition coefficient (Wildman–Crippen LogP) is 3.58. The average molecular weight is 280 g/mol. The van der Waals surface area contributed by atoms with Gasteiger partial charge in [-0.2, -0.15) is 0 Å². The van der Waals surface area contributed by atoms with Gasteiger partial charge in [0.1, 0.15) is 0 Å². The molecule has 1 aliphatic heterocycles. The second-order valence-electron chi connectivity index (χ2n) is 6.04. The molecular weight excluding hydrogens is 252 g/mol. The molecule has 0 saturated carbocycles. The Hall–Kier alpha value is -0.380. The Kier molecular flexibility index (Phi) is 5.86. The van der Waals surface area contributed by atoms with Crippen LogP contribution in [-0.2, 0) is 6.54 Å². The van der Waals surface area contributed by atoms with Crippen molar-refractivity contribution in [3.63, 3.8) is 0 Å². The first-order valence-electron chi connectivity index (χ1n) is 7.64. The van der Waals surface area contributed by atoms with Crippen molar-refractivity contribution in [2.24, 2.45) is 5.92 Å². The van der Waals surface area contributed by atoms with Gasteiger partial charge in [-0.25, -0.2) is 0 Å². The third kappa shape index (κ3) is 4.90. The van der Waals surface area contributed by atoms with Crippen molar-refractivity contribution < 1.29 is 0 Å². The number of likely N-dealkylation sites (tertiary alicyclic amines) is 1. The Morgan fingerprint density at radius 3 is 2.63 bits per heavy atom. The maximum atomic E-state index is 3.63. The van der Waals surface area contributed by atoms with E-state index in [0.29, 0.717) is 0 Å². The summed E-state index contributed by atoms with van der Waals surface area (Å²) in [5.41, 5.74) is 1.48. The molecule has 2 nitrogen and oxygen atoms in total. The summed E-state index contributed by atoms with van der Waals surface area (Å²) in [4.78, 5) is 5.53. The van der Waals surface area contributed by atoms with Crippen molar-refractivity contribution >= 4 is 11.3 Å². The van der Waals surface area contributed by atoms with Crippen LogP contribution in [0.4, 0.5) is 0 Å². The van der Waals surface area contributed by atoms with Gasteiger partial charge in [0.05, 0.1) is 0 Å². The summed E-state index contributed by atoms with van der Waals surface area (Å²) in [7, 11) is 0. The molecule has 0 aliphatic carbocycles. The number of thiophene rings is 1. The van der Waals surface area contributed by atoms with Crippen molar-refractivity contribution in [3.05, 3.63) is 21.4 Å². The SMILES string of the molecule is Cc1cc(CNCC(C)CN2CCCCC2)c(C)s1. The van der Waals surface area contributed by atoms with E-state index in [4.69, 9.17) is 0 Å². The molecule has 0 spiro atoms. The van der Waals surface area contributed by atoms with Crippen LogP contribution < -0.4 is 5.32 Å². The standard InChI is InChI=1S/C16H28N2S/c1-13(12-18-7-5-4-6-8-18)10-17-11-16-9-14(2)19-15(16)3/h9,13,17H,4-8,10-12H2,1-3H3. The van der Waals surface area contributed by atoms with Crippen LogP contribution in [0.1, 0.15) is 41.5 Å². The number of piperidine rings is 1. The van der Waals surface area contributed by atoms with Crippen molar-refractivity contribution in [2.75, 3.05) is 26.2 Å². The number of rotatable bonds is 6. The summed E-state index contributed by atoms with van der Waals surface area (Å²) < 4.78 is 0. The van der Waals surface area contributed by atoms with E-state index < -0.39 is 0 Å². The smallest absolute Gasteiger partial charge is 0.0216 e. The Bertz CT molecular complexity index is 380. The lowest BCUT2D eigenvalue weighted by molar-refractivity contribution is 0.199. The van der Waals surface area contributed by atoms with Crippen molar-refractivity contribution in [1.29, 1.82) is 0 Å². The third-order valence-corrected chi connectivity index (χ3v) is 4.98. The molecule has 108 valence electrons. The van der Waals surface area contributed by atoms with E-state index in [-0.39, 0.29) is 0 Å². The molecule has 0 amide bonds. The molecule has 1 aliphatic rings. The molecule has 3 heteroatoms. The number of aryl methyl sites for hydroxylation is 2. The zero-order valence-corrected chi connectivity index (χ0v) is 13.5.